The third kappa shape index (κ3) is 3.23. The van der Waals surface area contributed by atoms with Gasteiger partial charge in [-0.15, -0.1) is 0 Å². The summed E-state index contributed by atoms with van der Waals surface area (Å²) in [6.45, 7) is 5.20. The Labute approximate surface area is 92.9 Å². The third-order valence-corrected chi connectivity index (χ3v) is 1.87. The van der Waals surface area contributed by atoms with Gasteiger partial charge in [0.25, 0.3) is 0 Å². The summed E-state index contributed by atoms with van der Waals surface area (Å²) in [5, 5.41) is 0. The van der Waals surface area contributed by atoms with Gasteiger partial charge in [-0.3, -0.25) is 4.79 Å². The molecule has 0 bridgehead atoms. The number of halogens is 2. The molecule has 16 heavy (non-hydrogen) atoms. The highest BCUT2D eigenvalue weighted by Crippen LogP contribution is 2.26. The summed E-state index contributed by atoms with van der Waals surface area (Å²) in [5.74, 6) is -7.61. The van der Waals surface area contributed by atoms with Gasteiger partial charge in [0, 0.05) is 6.61 Å². The van der Waals surface area contributed by atoms with E-state index in [1.807, 2.05) is 0 Å². The fourth-order valence-electron chi connectivity index (χ4n) is 1.12. The van der Waals surface area contributed by atoms with Crippen molar-refractivity contribution in [1.82, 2.24) is 0 Å². The van der Waals surface area contributed by atoms with Crippen molar-refractivity contribution in [2.24, 2.45) is 0 Å². The van der Waals surface area contributed by atoms with Gasteiger partial charge in [-0.25, -0.2) is 4.79 Å². The molecule has 0 rings (SSSR count). The molecule has 0 saturated heterocycles. The Morgan fingerprint density at radius 1 is 1.12 bits per heavy atom. The summed E-state index contributed by atoms with van der Waals surface area (Å²) in [5.41, 5.74) is -1.72. The molecule has 0 N–H and O–H groups in total. The summed E-state index contributed by atoms with van der Waals surface area (Å²) in [6, 6.07) is 0. The summed E-state index contributed by atoms with van der Waals surface area (Å²) in [6.07, 6.45) is 0. The Kier molecular flexibility index (Phi) is 4.99. The van der Waals surface area contributed by atoms with Crippen LogP contribution in [0.4, 0.5) is 8.78 Å². The first-order valence-corrected chi connectivity index (χ1v) is 4.94. The number of hydrogen-bond donors (Lipinski definition) is 0. The number of ether oxygens (including phenoxy) is 2. The molecule has 0 aliphatic heterocycles. The highest BCUT2D eigenvalue weighted by molar-refractivity contribution is 6.08. The fourth-order valence-corrected chi connectivity index (χ4v) is 1.12. The summed E-state index contributed by atoms with van der Waals surface area (Å²) in [4.78, 5) is 22.3. The van der Waals surface area contributed by atoms with Gasteiger partial charge in [0.1, 0.15) is 5.60 Å². The molecular weight excluding hydrogens is 222 g/mol. The van der Waals surface area contributed by atoms with Gasteiger partial charge in [0.05, 0.1) is 6.61 Å². The zero-order chi connectivity index (χ0) is 13.0. The molecule has 6 heteroatoms. The molecule has 0 amide bonds. The molecule has 0 saturated carbocycles. The van der Waals surface area contributed by atoms with Crippen molar-refractivity contribution in [2.75, 3.05) is 13.2 Å². The van der Waals surface area contributed by atoms with Crippen molar-refractivity contribution in [3.05, 3.63) is 0 Å². The van der Waals surface area contributed by atoms with Crippen LogP contribution in [0.5, 0.6) is 0 Å². The van der Waals surface area contributed by atoms with E-state index in [0.717, 1.165) is 0 Å². The first-order chi connectivity index (χ1) is 7.20. The van der Waals surface area contributed by atoms with Gasteiger partial charge in [-0.1, -0.05) is 0 Å². The SMILES string of the molecule is CCOC(=O)C(F)(F)C(=O)C(C)(C)OCC. The topological polar surface area (TPSA) is 52.6 Å². The minimum atomic E-state index is -4.17. The van der Waals surface area contributed by atoms with Crippen LogP contribution in [0.1, 0.15) is 27.7 Å². The smallest absolute Gasteiger partial charge is 0.402 e. The zero-order valence-corrected chi connectivity index (χ0v) is 9.80. The van der Waals surface area contributed by atoms with E-state index in [2.05, 4.69) is 4.74 Å². The maximum atomic E-state index is 13.3. The Hall–Kier alpha value is -1.04. The van der Waals surface area contributed by atoms with Gasteiger partial charge in [-0.05, 0) is 27.7 Å². The molecule has 94 valence electrons. The van der Waals surface area contributed by atoms with Crippen LogP contribution in [-0.2, 0) is 19.1 Å². The van der Waals surface area contributed by atoms with E-state index >= 15 is 0 Å². The van der Waals surface area contributed by atoms with Crippen molar-refractivity contribution in [3.63, 3.8) is 0 Å². The zero-order valence-electron chi connectivity index (χ0n) is 9.80. The van der Waals surface area contributed by atoms with Gasteiger partial charge >= 0.3 is 11.9 Å². The number of hydrogen-bond acceptors (Lipinski definition) is 4. The molecule has 0 aliphatic rings. The quantitative estimate of drug-likeness (QED) is 0.520. The van der Waals surface area contributed by atoms with Crippen molar-refractivity contribution < 1.29 is 27.8 Å². The second kappa shape index (κ2) is 5.34. The lowest BCUT2D eigenvalue weighted by molar-refractivity contribution is -0.186. The molecule has 0 aromatic heterocycles. The Bertz CT molecular complexity index is 274. The largest absolute Gasteiger partial charge is 0.461 e. The standard InChI is InChI=1S/C10H16F2O4/c1-5-15-8(14)10(11,12)7(13)9(3,4)16-6-2/h5-6H2,1-4H3. The Balaban J connectivity index is 4.88. The predicted octanol–water partition coefficient (Wildman–Crippen LogP) is 1.57. The van der Waals surface area contributed by atoms with Crippen LogP contribution in [0, 0.1) is 0 Å². The van der Waals surface area contributed by atoms with Crippen molar-refractivity contribution >= 4 is 11.8 Å². The molecule has 0 spiro atoms. The van der Waals surface area contributed by atoms with Crippen LogP contribution in [-0.4, -0.2) is 36.5 Å². The van der Waals surface area contributed by atoms with E-state index in [4.69, 9.17) is 4.74 Å². The summed E-state index contributed by atoms with van der Waals surface area (Å²) in [7, 11) is 0. The molecule has 0 fully saturated rings. The lowest BCUT2D eigenvalue weighted by Gasteiger charge is -2.26. The highest BCUT2D eigenvalue weighted by atomic mass is 19.3. The van der Waals surface area contributed by atoms with Gasteiger partial charge < -0.3 is 9.47 Å². The number of rotatable bonds is 6. The minimum absolute atomic E-state index is 0.0949. The van der Waals surface area contributed by atoms with Crippen LogP contribution in [0.25, 0.3) is 0 Å². The second-order valence-electron chi connectivity index (χ2n) is 3.57. The number of ketones is 1. The van der Waals surface area contributed by atoms with Gasteiger partial charge in [0.15, 0.2) is 0 Å². The van der Waals surface area contributed by atoms with Crippen LogP contribution in [0.3, 0.4) is 0 Å². The van der Waals surface area contributed by atoms with E-state index in [9.17, 15) is 18.4 Å². The van der Waals surface area contributed by atoms with Gasteiger partial charge in [-0.2, -0.15) is 8.78 Å². The monoisotopic (exact) mass is 238 g/mol. The summed E-state index contributed by atoms with van der Waals surface area (Å²) >= 11 is 0. The van der Waals surface area contributed by atoms with Crippen LogP contribution < -0.4 is 0 Å². The van der Waals surface area contributed by atoms with E-state index in [1.165, 1.54) is 20.8 Å². The number of carbonyl (C=O) groups excluding carboxylic acids is 2. The Morgan fingerprint density at radius 2 is 1.62 bits per heavy atom. The van der Waals surface area contributed by atoms with E-state index in [0.29, 0.717) is 0 Å². The number of alkyl halides is 2. The first-order valence-electron chi connectivity index (χ1n) is 4.94. The fraction of sp³-hybridized carbons (Fsp3) is 0.800. The summed E-state index contributed by atoms with van der Waals surface area (Å²) < 4.78 is 35.6. The van der Waals surface area contributed by atoms with Crippen molar-refractivity contribution in [1.29, 1.82) is 0 Å². The van der Waals surface area contributed by atoms with Crippen LogP contribution in [0.15, 0.2) is 0 Å². The molecule has 0 heterocycles. The number of esters is 1. The molecule has 0 atom stereocenters. The van der Waals surface area contributed by atoms with E-state index < -0.39 is 23.3 Å². The highest BCUT2D eigenvalue weighted by Gasteiger charge is 2.55. The average molecular weight is 238 g/mol. The number of carbonyl (C=O) groups is 2. The molecular formula is C10H16F2O4. The van der Waals surface area contributed by atoms with E-state index in [-0.39, 0.29) is 13.2 Å². The lowest BCUT2D eigenvalue weighted by atomic mass is 9.98. The number of Topliss-reactive ketones (excluding diaryl/α,β-unsaturated/α-hetero) is 1. The maximum absolute atomic E-state index is 13.3. The first kappa shape index (κ1) is 15.0. The molecule has 0 aromatic carbocycles. The second-order valence-corrected chi connectivity index (χ2v) is 3.57. The van der Waals surface area contributed by atoms with E-state index in [1.54, 1.807) is 6.92 Å². The molecule has 4 nitrogen and oxygen atoms in total. The third-order valence-electron chi connectivity index (χ3n) is 1.87. The Morgan fingerprint density at radius 3 is 2.00 bits per heavy atom. The maximum Gasteiger partial charge on any atom is 0.402 e. The molecule has 0 aromatic rings. The van der Waals surface area contributed by atoms with Crippen molar-refractivity contribution in [3.8, 4) is 0 Å². The normalized spacial score (nSPS) is 12.4. The van der Waals surface area contributed by atoms with Crippen molar-refractivity contribution in [2.45, 2.75) is 39.2 Å². The molecule has 0 unspecified atom stereocenters. The average Bonchev–Trinajstić information content (AvgIpc) is 2.16. The van der Waals surface area contributed by atoms with Crippen LogP contribution >= 0.6 is 0 Å². The minimum Gasteiger partial charge on any atom is -0.461 e. The van der Waals surface area contributed by atoms with Crippen LogP contribution in [0.2, 0.25) is 0 Å². The lowest BCUT2D eigenvalue weighted by Crippen LogP contribution is -2.51. The molecule has 0 radical (unpaired) electrons. The van der Waals surface area contributed by atoms with Gasteiger partial charge in [0.2, 0.25) is 5.78 Å². The predicted molar refractivity (Wildman–Crippen MR) is 52.3 cm³/mol. The molecule has 0 aliphatic carbocycles.